The fourth-order valence-corrected chi connectivity index (χ4v) is 3.90. The van der Waals surface area contributed by atoms with Crippen molar-refractivity contribution in [1.82, 2.24) is 0 Å². The minimum atomic E-state index is -0.636. The van der Waals surface area contributed by atoms with Crippen LogP contribution in [0.4, 0.5) is 0 Å². The summed E-state index contributed by atoms with van der Waals surface area (Å²) in [6, 6.07) is 0. The van der Waals surface area contributed by atoms with Gasteiger partial charge in [0, 0.05) is 16.6 Å². The van der Waals surface area contributed by atoms with E-state index < -0.39 is 7.59 Å². The molecule has 0 spiro atoms. The molecule has 0 aliphatic rings. The van der Waals surface area contributed by atoms with Gasteiger partial charge in [0.1, 0.15) is 0 Å². The first kappa shape index (κ1) is 7.17. The summed E-state index contributed by atoms with van der Waals surface area (Å²) >= 11 is 0. The van der Waals surface area contributed by atoms with E-state index in [0.29, 0.717) is 0 Å². The standard InChI is InChI=1S/C5H14Si2/c1-5-6-7(2,3)4/h5H,1,6H2,2-4H3. The third-order valence-electron chi connectivity index (χ3n) is 0.757. The van der Waals surface area contributed by atoms with Gasteiger partial charge in [0.2, 0.25) is 0 Å². The zero-order chi connectivity index (χ0) is 5.91. The molecule has 7 heavy (non-hydrogen) atoms. The fourth-order valence-electron chi connectivity index (χ4n) is 0.433. The van der Waals surface area contributed by atoms with E-state index in [-0.39, 0.29) is 9.04 Å². The Balaban J connectivity index is 3.34. The highest BCUT2D eigenvalue weighted by molar-refractivity contribution is 7.24. The van der Waals surface area contributed by atoms with Crippen molar-refractivity contribution in [2.24, 2.45) is 0 Å². The van der Waals surface area contributed by atoms with Crippen LogP contribution < -0.4 is 0 Å². The molecule has 0 heterocycles. The molecular weight excluding hydrogens is 116 g/mol. The van der Waals surface area contributed by atoms with E-state index in [9.17, 15) is 0 Å². The molecular formula is C5H14Si2. The topological polar surface area (TPSA) is 0 Å². The first-order valence-corrected chi connectivity index (χ1v) is 9.31. The molecule has 0 aromatic rings. The smallest absolute Gasteiger partial charge is 0.0392 e. The molecule has 0 saturated carbocycles. The monoisotopic (exact) mass is 130 g/mol. The molecule has 0 aliphatic heterocycles. The van der Waals surface area contributed by atoms with Crippen LogP contribution in [0.1, 0.15) is 0 Å². The summed E-state index contributed by atoms with van der Waals surface area (Å²) in [5.74, 6) is 0. The van der Waals surface area contributed by atoms with Crippen LogP contribution in [0.15, 0.2) is 12.3 Å². The van der Waals surface area contributed by atoms with Gasteiger partial charge in [-0.2, -0.15) is 0 Å². The maximum Gasteiger partial charge on any atom is 0.0392 e. The van der Waals surface area contributed by atoms with Crippen LogP contribution >= 0.6 is 0 Å². The van der Waals surface area contributed by atoms with Gasteiger partial charge in [-0.3, -0.25) is 0 Å². The summed E-state index contributed by atoms with van der Waals surface area (Å²) < 4.78 is 0. The van der Waals surface area contributed by atoms with Crippen LogP contribution in [-0.2, 0) is 0 Å². The Morgan fingerprint density at radius 2 is 1.86 bits per heavy atom. The Bertz CT molecular complexity index is 61.0. The molecule has 0 saturated heterocycles. The van der Waals surface area contributed by atoms with Gasteiger partial charge in [0.25, 0.3) is 0 Å². The summed E-state index contributed by atoms with van der Waals surface area (Å²) in [7, 11) is -0.474. The molecule has 0 aliphatic carbocycles. The van der Waals surface area contributed by atoms with Crippen LogP contribution in [0, 0.1) is 0 Å². The Hall–Kier alpha value is 0.174. The molecule has 0 radical (unpaired) electrons. The van der Waals surface area contributed by atoms with Gasteiger partial charge < -0.3 is 0 Å². The van der Waals surface area contributed by atoms with Crippen molar-refractivity contribution in [2.75, 3.05) is 0 Å². The second-order valence-electron chi connectivity index (χ2n) is 3.05. The molecule has 0 bridgehead atoms. The molecule has 0 aromatic carbocycles. The Morgan fingerprint density at radius 1 is 1.43 bits per heavy atom. The minimum Gasteiger partial charge on any atom is -0.111 e. The van der Waals surface area contributed by atoms with Crippen LogP contribution in [0.25, 0.3) is 0 Å². The summed E-state index contributed by atoms with van der Waals surface area (Å²) in [5.41, 5.74) is 2.16. The van der Waals surface area contributed by atoms with Crippen molar-refractivity contribution in [2.45, 2.75) is 19.6 Å². The maximum absolute atomic E-state index is 3.74. The van der Waals surface area contributed by atoms with E-state index >= 15 is 0 Å². The lowest BCUT2D eigenvalue weighted by Crippen LogP contribution is -2.28. The normalized spacial score (nSPS) is 13.0. The van der Waals surface area contributed by atoms with Crippen LogP contribution in [-0.4, -0.2) is 16.6 Å². The van der Waals surface area contributed by atoms with Gasteiger partial charge in [-0.1, -0.05) is 19.6 Å². The van der Waals surface area contributed by atoms with Gasteiger partial charge in [0.05, 0.1) is 0 Å². The second-order valence-corrected chi connectivity index (χ2v) is 16.7. The zero-order valence-corrected chi connectivity index (χ0v) is 7.91. The van der Waals surface area contributed by atoms with Crippen molar-refractivity contribution < 1.29 is 0 Å². The Morgan fingerprint density at radius 3 is 1.86 bits per heavy atom. The van der Waals surface area contributed by atoms with Crippen molar-refractivity contribution in [3.05, 3.63) is 12.3 Å². The third kappa shape index (κ3) is 6.17. The molecule has 0 unspecified atom stereocenters. The molecule has 0 nitrogen and oxygen atoms in total. The van der Waals surface area contributed by atoms with Crippen LogP contribution in [0.2, 0.25) is 19.6 Å². The van der Waals surface area contributed by atoms with Gasteiger partial charge in [-0.25, -0.2) is 0 Å². The van der Waals surface area contributed by atoms with Gasteiger partial charge in [-0.05, 0) is 0 Å². The molecule has 0 aromatic heterocycles. The molecule has 0 N–H and O–H groups in total. The van der Waals surface area contributed by atoms with E-state index in [1.165, 1.54) is 0 Å². The highest BCUT2D eigenvalue weighted by atomic mass is 29.2. The average Bonchev–Trinajstić information content (AvgIpc) is 1.30. The van der Waals surface area contributed by atoms with E-state index in [1.54, 1.807) is 0 Å². The molecule has 0 amide bonds. The molecule has 42 valence electrons. The first-order valence-electron chi connectivity index (χ1n) is 2.67. The Labute approximate surface area is 49.3 Å². The quantitative estimate of drug-likeness (QED) is 0.492. The zero-order valence-electron chi connectivity index (χ0n) is 5.49. The SMILES string of the molecule is C=C[SiH2][Si](C)(C)C. The molecule has 2 heteroatoms. The van der Waals surface area contributed by atoms with Gasteiger partial charge in [0.15, 0.2) is 0 Å². The van der Waals surface area contributed by atoms with Gasteiger partial charge in [-0.15, -0.1) is 12.3 Å². The van der Waals surface area contributed by atoms with Crippen molar-refractivity contribution in [3.63, 3.8) is 0 Å². The van der Waals surface area contributed by atoms with E-state index in [1.807, 2.05) is 0 Å². The summed E-state index contributed by atoms with van der Waals surface area (Å²) in [6.07, 6.45) is 0. The van der Waals surface area contributed by atoms with Crippen LogP contribution in [0.5, 0.6) is 0 Å². The summed E-state index contributed by atoms with van der Waals surface area (Å²) in [4.78, 5) is 0. The van der Waals surface area contributed by atoms with Crippen molar-refractivity contribution in [3.8, 4) is 0 Å². The third-order valence-corrected chi connectivity index (χ3v) is 6.81. The molecule has 0 fully saturated rings. The minimum absolute atomic E-state index is 0.163. The first-order chi connectivity index (χ1) is 3.06. The number of rotatable bonds is 2. The lowest BCUT2D eigenvalue weighted by molar-refractivity contribution is 1.86. The highest BCUT2D eigenvalue weighted by Crippen LogP contribution is 1.95. The highest BCUT2D eigenvalue weighted by Gasteiger charge is 2.08. The van der Waals surface area contributed by atoms with Crippen LogP contribution in [0.3, 0.4) is 0 Å². The van der Waals surface area contributed by atoms with E-state index in [0.717, 1.165) is 0 Å². The van der Waals surface area contributed by atoms with E-state index in [4.69, 9.17) is 0 Å². The summed E-state index contributed by atoms with van der Waals surface area (Å²) in [6.45, 7) is 11.0. The molecule has 0 rings (SSSR count). The number of hydrogen-bond acceptors (Lipinski definition) is 0. The summed E-state index contributed by atoms with van der Waals surface area (Å²) in [5, 5.41) is 0. The van der Waals surface area contributed by atoms with Crippen molar-refractivity contribution >= 4 is 16.6 Å². The van der Waals surface area contributed by atoms with Crippen molar-refractivity contribution in [1.29, 1.82) is 0 Å². The lowest BCUT2D eigenvalue weighted by Gasteiger charge is -2.09. The molecule has 0 atom stereocenters. The van der Waals surface area contributed by atoms with E-state index in [2.05, 4.69) is 31.9 Å². The largest absolute Gasteiger partial charge is 0.111 e. The lowest BCUT2D eigenvalue weighted by atomic mass is 11.3. The predicted octanol–water partition coefficient (Wildman–Crippen LogP) is 1.13. The fraction of sp³-hybridized carbons (Fsp3) is 0.600. The number of hydrogen-bond donors (Lipinski definition) is 0. The predicted molar refractivity (Wildman–Crippen MR) is 42.1 cm³/mol. The maximum atomic E-state index is 3.74. The van der Waals surface area contributed by atoms with Gasteiger partial charge >= 0.3 is 0 Å². The average molecular weight is 130 g/mol. The Kier molecular flexibility index (Phi) is 2.53. The second kappa shape index (κ2) is 2.47.